The normalized spacial score (nSPS) is 13.4. The predicted molar refractivity (Wildman–Crippen MR) is 247 cm³/mol. The maximum Gasteiger partial charge on any atom is 0.333 e. The van der Waals surface area contributed by atoms with Crippen molar-refractivity contribution in [2.45, 2.75) is 80.1 Å². The second kappa shape index (κ2) is 12.4. The van der Waals surface area contributed by atoms with Gasteiger partial charge in [-0.15, -0.1) is 0 Å². The first-order valence-electron chi connectivity index (χ1n) is 20.6. The highest BCUT2D eigenvalue weighted by Crippen LogP contribution is 2.48. The minimum Gasteiger partial charge on any atom is -0.375 e. The fourth-order valence-electron chi connectivity index (χ4n) is 10.2. The van der Waals surface area contributed by atoms with E-state index < -0.39 is 0 Å². The molecular formula is C54H51BN2. The SMILES string of the molecule is Cc1cccc(C)c1-c1ccc2c(c1)c1cc(-c3c(C)cccc3C)cc3c1n2B1c2cc(C(C)(C)C)ccc2N(c2ccc(C(C)(C)C)cc2)c2cccc-3c21. The smallest absolute Gasteiger partial charge is 0.333 e. The van der Waals surface area contributed by atoms with Crippen LogP contribution in [0.15, 0.2) is 127 Å². The van der Waals surface area contributed by atoms with Crippen LogP contribution < -0.4 is 15.8 Å². The molecule has 0 radical (unpaired) electrons. The van der Waals surface area contributed by atoms with Crippen LogP contribution in [-0.2, 0) is 10.8 Å². The Morgan fingerprint density at radius 3 is 1.68 bits per heavy atom. The van der Waals surface area contributed by atoms with Crippen LogP contribution in [0.1, 0.15) is 74.9 Å². The summed E-state index contributed by atoms with van der Waals surface area (Å²) < 4.78 is 2.71. The van der Waals surface area contributed by atoms with E-state index in [9.17, 15) is 0 Å². The summed E-state index contributed by atoms with van der Waals surface area (Å²) in [7, 11) is 0. The average Bonchev–Trinajstić information content (AvgIpc) is 3.49. The molecular weight excluding hydrogens is 687 g/mol. The lowest BCUT2D eigenvalue weighted by Crippen LogP contribution is -2.56. The van der Waals surface area contributed by atoms with Gasteiger partial charge in [0, 0.05) is 44.4 Å². The van der Waals surface area contributed by atoms with Crippen molar-refractivity contribution in [1.29, 1.82) is 0 Å². The number of aromatic nitrogens is 1. The van der Waals surface area contributed by atoms with E-state index in [0.717, 1.165) is 0 Å². The Kier molecular flexibility index (Phi) is 7.72. The van der Waals surface area contributed by atoms with E-state index in [1.807, 2.05) is 0 Å². The Bertz CT molecular complexity index is 2920. The van der Waals surface area contributed by atoms with Crippen molar-refractivity contribution < 1.29 is 0 Å². The molecule has 1 aromatic heterocycles. The molecule has 57 heavy (non-hydrogen) atoms. The highest BCUT2D eigenvalue weighted by atomic mass is 15.2. The zero-order chi connectivity index (χ0) is 39.7. The first kappa shape index (κ1) is 35.6. The lowest BCUT2D eigenvalue weighted by Gasteiger charge is -2.41. The van der Waals surface area contributed by atoms with Crippen molar-refractivity contribution >= 4 is 56.6 Å². The maximum atomic E-state index is 2.71. The standard InChI is InChI=1S/C54H51BN2/c1-32-14-11-15-33(2)49(32)36-20-26-46-42(28-36)44-30-37(50-34(3)16-12-17-35(50)4)29-43-41-18-13-19-48-51(41)55(57(46)52(43)44)45-31-39(54(8,9)10)23-27-47(45)56(48)40-24-21-38(22-25-40)53(5,6)7/h11-31H,1-10H3. The number of fused-ring (bicyclic) bond motifs is 7. The number of benzene rings is 7. The van der Waals surface area contributed by atoms with Gasteiger partial charge in [0.15, 0.2) is 0 Å². The molecule has 280 valence electrons. The van der Waals surface area contributed by atoms with E-state index in [2.05, 4.69) is 206 Å². The van der Waals surface area contributed by atoms with Gasteiger partial charge in [-0.05, 0) is 159 Å². The van der Waals surface area contributed by atoms with Gasteiger partial charge in [0.2, 0.25) is 0 Å². The third kappa shape index (κ3) is 5.31. The van der Waals surface area contributed by atoms with E-state index >= 15 is 0 Å². The number of anilines is 3. The Labute approximate surface area is 338 Å². The summed E-state index contributed by atoms with van der Waals surface area (Å²) in [6.45, 7) is 22.9. The molecule has 0 saturated carbocycles. The molecule has 0 unspecified atom stereocenters. The second-order valence-corrected chi connectivity index (χ2v) is 18.9. The molecule has 0 saturated heterocycles. The average molecular weight is 739 g/mol. The Hall–Kier alpha value is -5.80. The summed E-state index contributed by atoms with van der Waals surface area (Å²) in [5.74, 6) is 0. The van der Waals surface area contributed by atoms with E-state index in [1.165, 1.54) is 117 Å². The Morgan fingerprint density at radius 1 is 0.474 bits per heavy atom. The summed E-state index contributed by atoms with van der Waals surface area (Å²) >= 11 is 0. The van der Waals surface area contributed by atoms with Gasteiger partial charge in [0.1, 0.15) is 0 Å². The number of nitrogens with zero attached hydrogens (tertiary/aromatic N) is 2. The summed E-state index contributed by atoms with van der Waals surface area (Å²) in [5, 5.41) is 2.63. The fourth-order valence-corrected chi connectivity index (χ4v) is 10.2. The van der Waals surface area contributed by atoms with Crippen molar-refractivity contribution in [3.05, 3.63) is 161 Å². The molecule has 7 aromatic carbocycles. The van der Waals surface area contributed by atoms with Gasteiger partial charge >= 0.3 is 6.85 Å². The molecule has 3 heteroatoms. The lowest BCUT2D eigenvalue weighted by molar-refractivity contribution is 0.590. The molecule has 0 amide bonds. The summed E-state index contributed by atoms with van der Waals surface area (Å²) in [6, 6.07) is 49.2. The molecule has 3 heterocycles. The molecule has 0 aliphatic carbocycles. The lowest BCUT2D eigenvalue weighted by atomic mass is 9.44. The van der Waals surface area contributed by atoms with Gasteiger partial charge in [-0.1, -0.05) is 120 Å². The van der Waals surface area contributed by atoms with Gasteiger partial charge in [-0.3, -0.25) is 0 Å². The fraction of sp³-hybridized carbons (Fsp3) is 0.222. The van der Waals surface area contributed by atoms with Crippen molar-refractivity contribution in [3.8, 4) is 33.4 Å². The predicted octanol–water partition coefficient (Wildman–Crippen LogP) is 13.4. The maximum absolute atomic E-state index is 2.71. The van der Waals surface area contributed by atoms with Crippen LogP contribution in [0.25, 0.3) is 55.2 Å². The van der Waals surface area contributed by atoms with Gasteiger partial charge in [-0.25, -0.2) is 0 Å². The van der Waals surface area contributed by atoms with E-state index in [0.29, 0.717) is 0 Å². The summed E-state index contributed by atoms with van der Waals surface area (Å²) in [6.07, 6.45) is 0. The molecule has 0 bridgehead atoms. The third-order valence-electron chi connectivity index (χ3n) is 13.0. The monoisotopic (exact) mass is 738 g/mol. The van der Waals surface area contributed by atoms with E-state index in [1.54, 1.807) is 0 Å². The Balaban J connectivity index is 1.34. The van der Waals surface area contributed by atoms with Crippen LogP contribution in [0.3, 0.4) is 0 Å². The molecule has 2 nitrogen and oxygen atoms in total. The zero-order valence-electron chi connectivity index (χ0n) is 35.1. The van der Waals surface area contributed by atoms with Crippen LogP contribution in [0, 0.1) is 27.7 Å². The first-order chi connectivity index (χ1) is 27.2. The Morgan fingerprint density at radius 2 is 1.05 bits per heavy atom. The molecule has 0 spiro atoms. The first-order valence-corrected chi connectivity index (χ1v) is 20.6. The topological polar surface area (TPSA) is 8.17 Å². The van der Waals surface area contributed by atoms with Crippen LogP contribution in [0.4, 0.5) is 17.1 Å². The largest absolute Gasteiger partial charge is 0.375 e. The molecule has 2 aliphatic rings. The molecule has 10 rings (SSSR count). The van der Waals surface area contributed by atoms with Crippen molar-refractivity contribution in [3.63, 3.8) is 0 Å². The van der Waals surface area contributed by atoms with Crippen molar-refractivity contribution in [1.82, 2.24) is 4.48 Å². The number of aryl methyl sites for hydroxylation is 4. The molecule has 0 fully saturated rings. The highest BCUT2D eigenvalue weighted by molar-refractivity contribution is 6.90. The van der Waals surface area contributed by atoms with E-state index in [4.69, 9.17) is 0 Å². The number of rotatable bonds is 3. The second-order valence-electron chi connectivity index (χ2n) is 18.9. The minimum atomic E-state index is -0.00469. The van der Waals surface area contributed by atoms with Crippen LogP contribution in [0.2, 0.25) is 0 Å². The van der Waals surface area contributed by atoms with Crippen molar-refractivity contribution in [2.75, 3.05) is 4.90 Å². The highest BCUT2D eigenvalue weighted by Gasteiger charge is 2.43. The van der Waals surface area contributed by atoms with Crippen LogP contribution in [-0.4, -0.2) is 11.3 Å². The molecule has 0 atom stereocenters. The number of hydrogen-bond acceptors (Lipinski definition) is 1. The molecule has 8 aromatic rings. The summed E-state index contributed by atoms with van der Waals surface area (Å²) in [4.78, 5) is 2.53. The van der Waals surface area contributed by atoms with Crippen LogP contribution >= 0.6 is 0 Å². The van der Waals surface area contributed by atoms with Crippen molar-refractivity contribution in [2.24, 2.45) is 0 Å². The zero-order valence-corrected chi connectivity index (χ0v) is 35.1. The molecule has 0 N–H and O–H groups in total. The van der Waals surface area contributed by atoms with Crippen LogP contribution in [0.5, 0.6) is 0 Å². The van der Waals surface area contributed by atoms with Gasteiger partial charge < -0.3 is 9.38 Å². The molecule has 2 aliphatic heterocycles. The third-order valence-corrected chi connectivity index (χ3v) is 13.0. The van der Waals surface area contributed by atoms with Gasteiger partial charge in [0.05, 0.1) is 0 Å². The van der Waals surface area contributed by atoms with E-state index in [-0.39, 0.29) is 17.7 Å². The summed E-state index contributed by atoms with van der Waals surface area (Å²) in [5.41, 5.74) is 24.9. The number of hydrogen-bond donors (Lipinski definition) is 0. The van der Waals surface area contributed by atoms with Gasteiger partial charge in [-0.2, -0.15) is 0 Å². The minimum absolute atomic E-state index is 0.00296. The van der Waals surface area contributed by atoms with Gasteiger partial charge in [0.25, 0.3) is 0 Å². The quantitative estimate of drug-likeness (QED) is 0.164.